The zero-order chi connectivity index (χ0) is 22.8. The predicted molar refractivity (Wildman–Crippen MR) is 118 cm³/mol. The van der Waals surface area contributed by atoms with E-state index in [2.05, 4.69) is 15.3 Å². The Balaban J connectivity index is 1.91. The van der Waals surface area contributed by atoms with Crippen molar-refractivity contribution in [2.75, 3.05) is 13.1 Å². The van der Waals surface area contributed by atoms with Crippen LogP contribution in [0.4, 0.5) is 13.2 Å². The molecule has 1 unspecified atom stereocenters. The number of carbonyl (C=O) groups excluding carboxylic acids is 1. The van der Waals surface area contributed by atoms with Crippen molar-refractivity contribution in [2.45, 2.75) is 24.9 Å². The molecular weight excluding hydrogens is 474 g/mol. The number of amides is 1. The SMILES string of the molecule is CC/N=C/NC(=O)c1ccc(C2=NCC(c3cc(Cl)cc(Cl)c3)(C(F)(F)F)C2)cc1Cl. The number of rotatable bonds is 5. The molecule has 4 nitrogen and oxygen atoms in total. The van der Waals surface area contributed by atoms with Crippen LogP contribution in [0.25, 0.3) is 0 Å². The Morgan fingerprint density at radius 1 is 1.19 bits per heavy atom. The lowest BCUT2D eigenvalue weighted by Gasteiger charge is -2.31. The van der Waals surface area contributed by atoms with Crippen LogP contribution in [0, 0.1) is 0 Å². The number of nitrogens with zero attached hydrogens (tertiary/aromatic N) is 2. The maximum absolute atomic E-state index is 14.2. The van der Waals surface area contributed by atoms with E-state index in [0.29, 0.717) is 12.1 Å². The number of carbonyl (C=O) groups is 1. The molecule has 1 aliphatic heterocycles. The number of halogens is 6. The van der Waals surface area contributed by atoms with Gasteiger partial charge in [0.25, 0.3) is 5.91 Å². The molecule has 1 atom stereocenters. The lowest BCUT2D eigenvalue weighted by atomic mass is 9.76. The number of nitrogens with one attached hydrogen (secondary N) is 1. The third kappa shape index (κ3) is 4.89. The second kappa shape index (κ2) is 9.18. The van der Waals surface area contributed by atoms with Crippen LogP contribution < -0.4 is 5.32 Å². The summed E-state index contributed by atoms with van der Waals surface area (Å²) in [6, 6.07) is 8.30. The Kier molecular flexibility index (Phi) is 6.98. The topological polar surface area (TPSA) is 53.8 Å². The minimum absolute atomic E-state index is 0.0476. The van der Waals surface area contributed by atoms with Gasteiger partial charge < -0.3 is 5.32 Å². The molecule has 2 aromatic carbocycles. The second-order valence-electron chi connectivity index (χ2n) is 6.97. The number of alkyl halides is 3. The highest BCUT2D eigenvalue weighted by molar-refractivity contribution is 6.35. The van der Waals surface area contributed by atoms with Crippen molar-refractivity contribution >= 4 is 52.8 Å². The van der Waals surface area contributed by atoms with Gasteiger partial charge in [0.2, 0.25) is 0 Å². The molecule has 0 saturated carbocycles. The molecule has 1 aliphatic rings. The minimum atomic E-state index is -4.59. The molecule has 0 aromatic heterocycles. The van der Waals surface area contributed by atoms with Gasteiger partial charge in [0.1, 0.15) is 5.41 Å². The quantitative estimate of drug-likeness (QED) is 0.398. The van der Waals surface area contributed by atoms with Gasteiger partial charge in [-0.2, -0.15) is 13.2 Å². The summed E-state index contributed by atoms with van der Waals surface area (Å²) in [5.74, 6) is -0.472. The summed E-state index contributed by atoms with van der Waals surface area (Å²) >= 11 is 18.1. The Morgan fingerprint density at radius 2 is 1.87 bits per heavy atom. The Bertz CT molecular complexity index is 1050. The van der Waals surface area contributed by atoms with E-state index in [4.69, 9.17) is 34.8 Å². The van der Waals surface area contributed by atoms with Crippen molar-refractivity contribution in [3.8, 4) is 0 Å². The Hall–Kier alpha value is -2.09. The van der Waals surface area contributed by atoms with Crippen molar-refractivity contribution in [3.05, 3.63) is 68.2 Å². The van der Waals surface area contributed by atoms with E-state index < -0.39 is 30.5 Å². The maximum Gasteiger partial charge on any atom is 0.400 e. The molecule has 3 rings (SSSR count). The van der Waals surface area contributed by atoms with E-state index in [0.717, 1.165) is 0 Å². The van der Waals surface area contributed by atoms with Gasteiger partial charge >= 0.3 is 6.18 Å². The van der Waals surface area contributed by atoms with Crippen LogP contribution in [-0.4, -0.2) is 37.2 Å². The van der Waals surface area contributed by atoms with Gasteiger partial charge in [-0.25, -0.2) is 0 Å². The lowest BCUT2D eigenvalue weighted by molar-refractivity contribution is -0.183. The number of aliphatic imine (C=N–C) groups is 2. The normalized spacial score (nSPS) is 19.0. The van der Waals surface area contributed by atoms with E-state index in [1.54, 1.807) is 0 Å². The highest BCUT2D eigenvalue weighted by atomic mass is 35.5. The van der Waals surface area contributed by atoms with E-state index in [1.807, 2.05) is 6.92 Å². The molecule has 1 N–H and O–H groups in total. The average molecular weight is 491 g/mol. The van der Waals surface area contributed by atoms with Gasteiger partial charge in [-0.3, -0.25) is 14.8 Å². The summed E-state index contributed by atoms with van der Waals surface area (Å²) in [5, 5.41) is 2.80. The first kappa shape index (κ1) is 23.6. The minimum Gasteiger partial charge on any atom is -0.313 e. The molecule has 2 aromatic rings. The molecule has 31 heavy (non-hydrogen) atoms. The fourth-order valence-electron chi connectivity index (χ4n) is 3.35. The highest BCUT2D eigenvalue weighted by Crippen LogP contribution is 2.48. The molecule has 0 fully saturated rings. The van der Waals surface area contributed by atoms with Gasteiger partial charge in [-0.15, -0.1) is 0 Å². The first-order valence-corrected chi connectivity index (χ1v) is 10.4. The largest absolute Gasteiger partial charge is 0.400 e. The lowest BCUT2D eigenvalue weighted by Crippen LogP contribution is -2.43. The summed E-state index contributed by atoms with van der Waals surface area (Å²) in [6.07, 6.45) is -3.73. The third-order valence-corrected chi connectivity index (χ3v) is 5.73. The summed E-state index contributed by atoms with van der Waals surface area (Å²) in [7, 11) is 0. The molecule has 0 bridgehead atoms. The van der Waals surface area contributed by atoms with Gasteiger partial charge in [0, 0.05) is 28.7 Å². The van der Waals surface area contributed by atoms with E-state index in [9.17, 15) is 18.0 Å². The molecular formula is C21H17Cl3F3N3O. The molecule has 1 heterocycles. The van der Waals surface area contributed by atoms with Gasteiger partial charge in [-0.05, 0) is 48.4 Å². The molecule has 164 valence electrons. The zero-order valence-electron chi connectivity index (χ0n) is 16.2. The highest BCUT2D eigenvalue weighted by Gasteiger charge is 2.58. The molecule has 1 amide bonds. The maximum atomic E-state index is 14.2. The van der Waals surface area contributed by atoms with Crippen LogP contribution in [0.3, 0.4) is 0 Å². The third-order valence-electron chi connectivity index (χ3n) is 4.98. The molecule has 0 spiro atoms. The van der Waals surface area contributed by atoms with Crippen LogP contribution >= 0.6 is 34.8 Å². The summed E-state index contributed by atoms with van der Waals surface area (Å²) in [6.45, 7) is 1.81. The summed E-state index contributed by atoms with van der Waals surface area (Å²) in [5.41, 5.74) is -1.49. The number of hydrogen-bond acceptors (Lipinski definition) is 3. The molecule has 0 radical (unpaired) electrons. The summed E-state index contributed by atoms with van der Waals surface area (Å²) < 4.78 is 42.6. The van der Waals surface area contributed by atoms with Crippen molar-refractivity contribution in [1.29, 1.82) is 0 Å². The van der Waals surface area contributed by atoms with Crippen LogP contribution in [0.1, 0.15) is 34.8 Å². The summed E-state index contributed by atoms with van der Waals surface area (Å²) in [4.78, 5) is 20.2. The van der Waals surface area contributed by atoms with E-state index in [1.165, 1.54) is 42.7 Å². The smallest absolute Gasteiger partial charge is 0.313 e. The van der Waals surface area contributed by atoms with Crippen molar-refractivity contribution in [3.63, 3.8) is 0 Å². The van der Waals surface area contributed by atoms with Crippen LogP contribution in [0.15, 0.2) is 46.4 Å². The fraction of sp³-hybridized carbons (Fsp3) is 0.286. The Labute approximate surface area is 192 Å². The Morgan fingerprint density at radius 3 is 2.45 bits per heavy atom. The second-order valence-corrected chi connectivity index (χ2v) is 8.25. The van der Waals surface area contributed by atoms with Crippen LogP contribution in [-0.2, 0) is 5.41 Å². The molecule has 10 heteroatoms. The van der Waals surface area contributed by atoms with Crippen molar-refractivity contribution < 1.29 is 18.0 Å². The van der Waals surface area contributed by atoms with E-state index in [-0.39, 0.29) is 31.9 Å². The van der Waals surface area contributed by atoms with Gasteiger partial charge in [-0.1, -0.05) is 40.9 Å². The van der Waals surface area contributed by atoms with Gasteiger partial charge in [0.15, 0.2) is 0 Å². The van der Waals surface area contributed by atoms with Crippen LogP contribution in [0.2, 0.25) is 15.1 Å². The monoisotopic (exact) mass is 489 g/mol. The standard InChI is InChI=1S/C21H17Cl3F3N3O/c1-2-28-11-30-19(31)16-4-3-12(5-17(16)24)18-9-20(10-29-18,21(25,26)27)13-6-14(22)8-15(23)7-13/h3-8,11H,2,9-10H2,1H3,(H,28,30,31). The first-order chi connectivity index (χ1) is 14.6. The van der Waals surface area contributed by atoms with Crippen molar-refractivity contribution in [1.82, 2.24) is 5.32 Å². The number of hydrogen-bond donors (Lipinski definition) is 1. The zero-order valence-corrected chi connectivity index (χ0v) is 18.5. The first-order valence-electron chi connectivity index (χ1n) is 9.23. The fourth-order valence-corrected chi connectivity index (χ4v) is 4.14. The molecule has 0 aliphatic carbocycles. The number of benzene rings is 2. The predicted octanol–water partition coefficient (Wildman–Crippen LogP) is 6.12. The molecule has 0 saturated heterocycles. The average Bonchev–Trinajstić information content (AvgIpc) is 3.14. The van der Waals surface area contributed by atoms with Crippen LogP contribution in [0.5, 0.6) is 0 Å². The van der Waals surface area contributed by atoms with E-state index >= 15 is 0 Å². The van der Waals surface area contributed by atoms with Gasteiger partial charge in [0.05, 0.1) is 23.5 Å². The van der Waals surface area contributed by atoms with Crippen molar-refractivity contribution in [2.24, 2.45) is 9.98 Å².